The summed E-state index contributed by atoms with van der Waals surface area (Å²) in [5.74, 6) is -0.390. The number of aromatic nitrogens is 3. The van der Waals surface area contributed by atoms with Crippen LogP contribution in [0.4, 0.5) is 14.5 Å². The second-order valence-electron chi connectivity index (χ2n) is 6.53. The molecular weight excluding hydrogens is 432 g/mol. The van der Waals surface area contributed by atoms with Crippen LogP contribution in [0, 0.1) is 0 Å². The number of anilines is 1. The number of hydrogen-bond acceptors (Lipinski definition) is 6. The van der Waals surface area contributed by atoms with Crippen molar-refractivity contribution in [3.05, 3.63) is 66.0 Å². The minimum Gasteiger partial charge on any atom is -0.435 e. The first kappa shape index (κ1) is 22.6. The van der Waals surface area contributed by atoms with Crippen molar-refractivity contribution < 1.29 is 23.0 Å². The fraction of sp³-hybridized carbons (Fsp3) is 0.250. The van der Waals surface area contributed by atoms with Gasteiger partial charge in [0.15, 0.2) is 5.69 Å². The van der Waals surface area contributed by atoms with Crippen LogP contribution in [0.2, 0.25) is 0 Å². The number of ether oxygens (including phenoxy) is 2. The molecule has 2 heterocycles. The molecule has 0 spiro atoms. The average molecular weight is 452 g/mol. The molecule has 0 radical (unpaired) electrons. The number of hydrogen-bond donors (Lipinski definition) is 2. The Kier molecular flexibility index (Phi) is 7.50. The van der Waals surface area contributed by atoms with E-state index in [2.05, 4.69) is 25.6 Å². The zero-order chi connectivity index (χ0) is 20.9. The second kappa shape index (κ2) is 10.3. The van der Waals surface area contributed by atoms with Crippen molar-refractivity contribution >= 4 is 24.0 Å². The van der Waals surface area contributed by atoms with Crippen molar-refractivity contribution in [1.29, 1.82) is 0 Å². The third kappa shape index (κ3) is 5.75. The van der Waals surface area contributed by atoms with Crippen molar-refractivity contribution in [2.24, 2.45) is 0 Å². The Labute approximate surface area is 182 Å². The SMILES string of the molecule is Cl.O=C(Nc1ccc([C@H]2CNCCO2)cc1)c1cnn(-c2ccc(OC(F)F)cc2)n1. The van der Waals surface area contributed by atoms with Crippen LogP contribution >= 0.6 is 12.4 Å². The van der Waals surface area contributed by atoms with E-state index in [0.717, 1.165) is 18.7 Å². The summed E-state index contributed by atoms with van der Waals surface area (Å²) >= 11 is 0. The molecule has 1 aromatic heterocycles. The van der Waals surface area contributed by atoms with Gasteiger partial charge in [-0.1, -0.05) is 12.1 Å². The van der Waals surface area contributed by atoms with E-state index in [4.69, 9.17) is 4.74 Å². The number of halogens is 3. The van der Waals surface area contributed by atoms with E-state index in [1.165, 1.54) is 35.3 Å². The topological polar surface area (TPSA) is 90.3 Å². The first-order valence-corrected chi connectivity index (χ1v) is 9.30. The van der Waals surface area contributed by atoms with Crippen molar-refractivity contribution in [1.82, 2.24) is 20.3 Å². The van der Waals surface area contributed by atoms with E-state index >= 15 is 0 Å². The van der Waals surface area contributed by atoms with Crippen LogP contribution in [-0.2, 0) is 4.74 Å². The smallest absolute Gasteiger partial charge is 0.387 e. The molecule has 0 bridgehead atoms. The predicted molar refractivity (Wildman–Crippen MR) is 111 cm³/mol. The number of nitrogens with one attached hydrogen (secondary N) is 2. The lowest BCUT2D eigenvalue weighted by molar-refractivity contribution is -0.0498. The molecule has 0 saturated carbocycles. The van der Waals surface area contributed by atoms with Gasteiger partial charge in [-0.05, 0) is 42.0 Å². The monoisotopic (exact) mass is 451 g/mol. The molecule has 0 aliphatic carbocycles. The number of alkyl halides is 2. The zero-order valence-corrected chi connectivity index (χ0v) is 17.0. The molecule has 1 atom stereocenters. The maximum atomic E-state index is 12.5. The van der Waals surface area contributed by atoms with Gasteiger partial charge >= 0.3 is 6.61 Å². The minimum absolute atomic E-state index is 0. The summed E-state index contributed by atoms with van der Waals surface area (Å²) in [6.07, 6.45) is 1.33. The molecule has 1 aliphatic heterocycles. The summed E-state index contributed by atoms with van der Waals surface area (Å²) in [7, 11) is 0. The molecule has 4 rings (SSSR count). The Morgan fingerprint density at radius 3 is 2.58 bits per heavy atom. The molecule has 3 aromatic rings. The molecule has 164 valence electrons. The number of nitrogens with zero attached hydrogens (tertiary/aromatic N) is 3. The van der Waals surface area contributed by atoms with Crippen molar-refractivity contribution in [2.45, 2.75) is 12.7 Å². The third-order valence-electron chi connectivity index (χ3n) is 4.49. The molecule has 1 amide bonds. The van der Waals surface area contributed by atoms with Gasteiger partial charge in [-0.15, -0.1) is 17.5 Å². The largest absolute Gasteiger partial charge is 0.435 e. The van der Waals surface area contributed by atoms with Crippen molar-refractivity contribution in [3.8, 4) is 11.4 Å². The lowest BCUT2D eigenvalue weighted by Gasteiger charge is -2.24. The Bertz CT molecular complexity index is 993. The number of benzene rings is 2. The number of rotatable bonds is 6. The highest BCUT2D eigenvalue weighted by Gasteiger charge is 2.16. The summed E-state index contributed by atoms with van der Waals surface area (Å²) in [6, 6.07) is 13.2. The van der Waals surface area contributed by atoms with Crippen LogP contribution < -0.4 is 15.4 Å². The fourth-order valence-electron chi connectivity index (χ4n) is 3.01. The Morgan fingerprint density at radius 2 is 1.94 bits per heavy atom. The summed E-state index contributed by atoms with van der Waals surface area (Å²) in [5, 5.41) is 14.2. The second-order valence-corrected chi connectivity index (χ2v) is 6.53. The molecule has 11 heteroatoms. The Balaban J connectivity index is 0.00000272. The molecule has 1 aliphatic rings. The predicted octanol–water partition coefficient (Wildman–Crippen LogP) is 3.20. The van der Waals surface area contributed by atoms with Gasteiger partial charge in [0.1, 0.15) is 5.75 Å². The number of amides is 1. The quantitative estimate of drug-likeness (QED) is 0.598. The third-order valence-corrected chi connectivity index (χ3v) is 4.49. The van der Waals surface area contributed by atoms with Crippen molar-refractivity contribution in [2.75, 3.05) is 25.0 Å². The molecule has 0 unspecified atom stereocenters. The summed E-state index contributed by atoms with van der Waals surface area (Å²) in [6.45, 7) is -0.626. The standard InChI is InChI=1S/C20H19F2N5O3.ClH/c21-20(22)30-16-7-5-15(6-8-16)27-24-11-17(26-27)19(28)25-14-3-1-13(2-4-14)18-12-23-9-10-29-18;/h1-8,11,18,20,23H,9-10,12H2,(H,25,28);1H/t18-;/m1./s1. The molecule has 1 saturated heterocycles. The minimum atomic E-state index is -2.89. The van der Waals surface area contributed by atoms with Crippen LogP contribution in [0.5, 0.6) is 5.75 Å². The zero-order valence-electron chi connectivity index (χ0n) is 16.2. The highest BCUT2D eigenvalue weighted by atomic mass is 35.5. The van der Waals surface area contributed by atoms with Gasteiger partial charge in [-0.3, -0.25) is 4.79 Å². The van der Waals surface area contributed by atoms with E-state index in [9.17, 15) is 13.6 Å². The van der Waals surface area contributed by atoms with Crippen molar-refractivity contribution in [3.63, 3.8) is 0 Å². The maximum Gasteiger partial charge on any atom is 0.387 e. The van der Waals surface area contributed by atoms with Gasteiger partial charge in [0.05, 0.1) is 24.6 Å². The summed E-state index contributed by atoms with van der Waals surface area (Å²) in [5.41, 5.74) is 2.27. The Hall–Kier alpha value is -3.08. The summed E-state index contributed by atoms with van der Waals surface area (Å²) < 4.78 is 34.5. The fourth-order valence-corrected chi connectivity index (χ4v) is 3.01. The van der Waals surface area contributed by atoms with Gasteiger partial charge in [-0.2, -0.15) is 18.7 Å². The van der Waals surface area contributed by atoms with E-state index < -0.39 is 12.5 Å². The Morgan fingerprint density at radius 1 is 1.19 bits per heavy atom. The average Bonchev–Trinajstić information content (AvgIpc) is 3.25. The highest BCUT2D eigenvalue weighted by molar-refractivity contribution is 6.02. The lowest BCUT2D eigenvalue weighted by atomic mass is 10.1. The van der Waals surface area contributed by atoms with E-state index in [0.29, 0.717) is 18.0 Å². The molecule has 2 N–H and O–H groups in total. The van der Waals surface area contributed by atoms with Crippen LogP contribution in [-0.4, -0.2) is 47.2 Å². The normalized spacial score (nSPS) is 15.9. The highest BCUT2D eigenvalue weighted by Crippen LogP contribution is 2.21. The van der Waals surface area contributed by atoms with Crippen LogP contribution in [0.3, 0.4) is 0 Å². The van der Waals surface area contributed by atoms with Gasteiger partial charge in [-0.25, -0.2) is 0 Å². The number of carbonyl (C=O) groups excluding carboxylic acids is 1. The lowest BCUT2D eigenvalue weighted by Crippen LogP contribution is -2.33. The van der Waals surface area contributed by atoms with Gasteiger partial charge < -0.3 is 20.1 Å². The van der Waals surface area contributed by atoms with Crippen LogP contribution in [0.25, 0.3) is 5.69 Å². The van der Waals surface area contributed by atoms with E-state index in [-0.39, 0.29) is 30.0 Å². The molecule has 2 aromatic carbocycles. The summed E-state index contributed by atoms with van der Waals surface area (Å²) in [4.78, 5) is 13.7. The number of carbonyl (C=O) groups is 1. The number of morpholine rings is 1. The molecule has 31 heavy (non-hydrogen) atoms. The molecular formula is C20H20ClF2N5O3. The molecule has 8 nitrogen and oxygen atoms in total. The first-order valence-electron chi connectivity index (χ1n) is 9.30. The molecule has 1 fully saturated rings. The maximum absolute atomic E-state index is 12.5. The van der Waals surface area contributed by atoms with Gasteiger partial charge in [0, 0.05) is 18.8 Å². The van der Waals surface area contributed by atoms with Gasteiger partial charge in [0.2, 0.25) is 0 Å². The van der Waals surface area contributed by atoms with E-state index in [1.807, 2.05) is 12.1 Å². The van der Waals surface area contributed by atoms with Crippen LogP contribution in [0.15, 0.2) is 54.7 Å². The first-order chi connectivity index (χ1) is 14.6. The van der Waals surface area contributed by atoms with Crippen LogP contribution in [0.1, 0.15) is 22.2 Å². The van der Waals surface area contributed by atoms with E-state index in [1.54, 1.807) is 12.1 Å². The van der Waals surface area contributed by atoms with Gasteiger partial charge in [0.25, 0.3) is 5.91 Å².